The average Bonchev–Trinajstić information content (AvgIpc) is 3.26. The van der Waals surface area contributed by atoms with Gasteiger partial charge >= 0.3 is 0 Å². The van der Waals surface area contributed by atoms with E-state index in [0.29, 0.717) is 5.95 Å². The van der Waals surface area contributed by atoms with Crippen molar-refractivity contribution in [2.75, 3.05) is 5.32 Å². The highest BCUT2D eigenvalue weighted by Gasteiger charge is 2.40. The SMILES string of the molecule is c1ccc([C@@H]2Oc3ccccc3C3=C2[C@H](c2cccnc2)n2ncnc2N3)cc1. The highest BCUT2D eigenvalue weighted by Crippen LogP contribution is 2.50. The van der Waals surface area contributed by atoms with E-state index >= 15 is 0 Å². The number of pyridine rings is 1. The molecule has 0 unspecified atom stereocenters. The Kier molecular flexibility index (Phi) is 3.49. The smallest absolute Gasteiger partial charge is 0.226 e. The number of nitrogens with one attached hydrogen (secondary N) is 1. The second kappa shape index (κ2) is 6.31. The minimum atomic E-state index is -0.254. The normalized spacial score (nSPS) is 19.4. The van der Waals surface area contributed by atoms with E-state index in [1.807, 2.05) is 53.3 Å². The average molecular weight is 379 g/mol. The van der Waals surface area contributed by atoms with Crippen molar-refractivity contribution < 1.29 is 4.74 Å². The lowest BCUT2D eigenvalue weighted by Gasteiger charge is -2.38. The third kappa shape index (κ3) is 2.46. The van der Waals surface area contributed by atoms with Gasteiger partial charge in [0.2, 0.25) is 5.95 Å². The molecule has 2 aliphatic rings. The van der Waals surface area contributed by atoms with Crippen LogP contribution in [0.1, 0.15) is 28.8 Å². The number of hydrogen-bond donors (Lipinski definition) is 1. The van der Waals surface area contributed by atoms with E-state index in [1.165, 1.54) is 0 Å². The number of hydrogen-bond acceptors (Lipinski definition) is 5. The van der Waals surface area contributed by atoms with Crippen molar-refractivity contribution in [3.63, 3.8) is 0 Å². The molecule has 2 atom stereocenters. The van der Waals surface area contributed by atoms with Crippen molar-refractivity contribution in [2.24, 2.45) is 0 Å². The Morgan fingerprint density at radius 2 is 1.72 bits per heavy atom. The summed E-state index contributed by atoms with van der Waals surface area (Å²) in [6.07, 6.45) is 4.99. The topological polar surface area (TPSA) is 64.9 Å². The standard InChI is InChI=1S/C23H17N5O/c1-2-7-15(8-3-1)22-19-20(17-10-4-5-11-18(17)29-22)27-23-25-14-26-28(23)21(19)16-9-6-12-24-13-16/h1-14,21-22H,(H,25,26,27)/t21-,22-/m0/s1. The fourth-order valence-electron chi connectivity index (χ4n) is 4.18. The maximum Gasteiger partial charge on any atom is 0.226 e. The number of para-hydroxylation sites is 1. The molecule has 0 bridgehead atoms. The zero-order valence-corrected chi connectivity index (χ0v) is 15.4. The third-order valence-electron chi connectivity index (χ3n) is 5.42. The molecule has 0 radical (unpaired) electrons. The molecular formula is C23H17N5O. The van der Waals surface area contributed by atoms with Gasteiger partial charge in [-0.2, -0.15) is 10.1 Å². The van der Waals surface area contributed by atoms with Crippen LogP contribution in [-0.2, 0) is 0 Å². The van der Waals surface area contributed by atoms with Crippen LogP contribution < -0.4 is 10.1 Å². The van der Waals surface area contributed by atoms with Crippen molar-refractivity contribution in [1.29, 1.82) is 0 Å². The number of ether oxygens (including phenoxy) is 1. The molecule has 0 saturated carbocycles. The summed E-state index contributed by atoms with van der Waals surface area (Å²) < 4.78 is 8.46. The first-order chi connectivity index (χ1) is 14.4. The van der Waals surface area contributed by atoms with Gasteiger partial charge in [0, 0.05) is 23.5 Å². The maximum atomic E-state index is 6.55. The first kappa shape index (κ1) is 16.1. The molecule has 0 saturated heterocycles. The van der Waals surface area contributed by atoms with Crippen molar-refractivity contribution in [1.82, 2.24) is 19.7 Å². The molecule has 6 rings (SSSR count). The van der Waals surface area contributed by atoms with Gasteiger partial charge in [-0.1, -0.05) is 48.5 Å². The molecule has 2 aromatic carbocycles. The van der Waals surface area contributed by atoms with Gasteiger partial charge < -0.3 is 10.1 Å². The van der Waals surface area contributed by atoms with E-state index in [0.717, 1.165) is 33.7 Å². The van der Waals surface area contributed by atoms with Crippen LogP contribution in [-0.4, -0.2) is 19.7 Å². The van der Waals surface area contributed by atoms with E-state index in [1.54, 1.807) is 12.5 Å². The minimum absolute atomic E-state index is 0.170. The molecule has 4 aromatic rings. The fraction of sp³-hybridized carbons (Fsp3) is 0.0870. The van der Waals surface area contributed by atoms with Crippen LogP contribution in [0.15, 0.2) is 91.0 Å². The van der Waals surface area contributed by atoms with Gasteiger partial charge in [0.05, 0.1) is 5.70 Å². The Morgan fingerprint density at radius 3 is 2.59 bits per heavy atom. The van der Waals surface area contributed by atoms with Crippen LogP contribution in [0, 0.1) is 0 Å². The van der Waals surface area contributed by atoms with Crippen LogP contribution in [0.25, 0.3) is 5.70 Å². The predicted molar refractivity (Wildman–Crippen MR) is 109 cm³/mol. The Balaban J connectivity index is 1.65. The molecule has 0 aliphatic carbocycles. The molecule has 6 nitrogen and oxygen atoms in total. The molecule has 0 fully saturated rings. The van der Waals surface area contributed by atoms with Gasteiger partial charge in [0.1, 0.15) is 24.2 Å². The highest BCUT2D eigenvalue weighted by molar-refractivity contribution is 5.85. The van der Waals surface area contributed by atoms with Crippen LogP contribution in [0.2, 0.25) is 0 Å². The summed E-state index contributed by atoms with van der Waals surface area (Å²) in [4.78, 5) is 8.79. The summed E-state index contributed by atoms with van der Waals surface area (Å²) in [7, 11) is 0. The Morgan fingerprint density at radius 1 is 0.897 bits per heavy atom. The van der Waals surface area contributed by atoms with Crippen molar-refractivity contribution in [3.8, 4) is 5.75 Å². The highest BCUT2D eigenvalue weighted by atomic mass is 16.5. The largest absolute Gasteiger partial charge is 0.480 e. The number of nitrogens with zero attached hydrogens (tertiary/aromatic N) is 4. The molecule has 2 aliphatic heterocycles. The molecule has 6 heteroatoms. The maximum absolute atomic E-state index is 6.55. The van der Waals surface area contributed by atoms with E-state index < -0.39 is 0 Å². The van der Waals surface area contributed by atoms with Crippen LogP contribution in [0.5, 0.6) is 5.75 Å². The lowest BCUT2D eigenvalue weighted by atomic mass is 9.85. The van der Waals surface area contributed by atoms with Crippen LogP contribution in [0.3, 0.4) is 0 Å². The van der Waals surface area contributed by atoms with Gasteiger partial charge in [0.25, 0.3) is 0 Å². The summed E-state index contributed by atoms with van der Waals surface area (Å²) in [5.41, 5.74) is 5.28. The number of aromatic nitrogens is 4. The van der Waals surface area contributed by atoms with Crippen LogP contribution in [0.4, 0.5) is 5.95 Å². The van der Waals surface area contributed by atoms with Crippen LogP contribution >= 0.6 is 0 Å². The first-order valence-electron chi connectivity index (χ1n) is 9.51. The molecule has 4 heterocycles. The van der Waals surface area contributed by atoms with Crippen molar-refractivity contribution in [3.05, 3.63) is 108 Å². The number of fused-ring (bicyclic) bond motifs is 3. The molecule has 2 aromatic heterocycles. The van der Waals surface area contributed by atoms with Gasteiger partial charge in [-0.05, 0) is 29.3 Å². The quantitative estimate of drug-likeness (QED) is 0.565. The fourth-order valence-corrected chi connectivity index (χ4v) is 4.18. The van der Waals surface area contributed by atoms with Gasteiger partial charge in [-0.15, -0.1) is 0 Å². The number of benzene rings is 2. The van der Waals surface area contributed by atoms with Crippen molar-refractivity contribution >= 4 is 11.6 Å². The second-order valence-corrected chi connectivity index (χ2v) is 7.08. The zero-order chi connectivity index (χ0) is 19.2. The van der Waals surface area contributed by atoms with Gasteiger partial charge in [-0.25, -0.2) is 4.68 Å². The third-order valence-corrected chi connectivity index (χ3v) is 5.42. The van der Waals surface area contributed by atoms with Gasteiger partial charge in [-0.3, -0.25) is 4.98 Å². The molecule has 140 valence electrons. The van der Waals surface area contributed by atoms with E-state index in [9.17, 15) is 0 Å². The number of anilines is 1. The Bertz CT molecular complexity index is 1220. The monoisotopic (exact) mass is 379 g/mol. The van der Waals surface area contributed by atoms with E-state index in [4.69, 9.17) is 4.74 Å². The van der Waals surface area contributed by atoms with E-state index in [-0.39, 0.29) is 12.1 Å². The second-order valence-electron chi connectivity index (χ2n) is 7.08. The summed E-state index contributed by atoms with van der Waals surface area (Å²) in [6.45, 7) is 0. The summed E-state index contributed by atoms with van der Waals surface area (Å²) in [6, 6.07) is 22.2. The summed E-state index contributed by atoms with van der Waals surface area (Å²) in [5, 5.41) is 8.02. The summed E-state index contributed by atoms with van der Waals surface area (Å²) >= 11 is 0. The minimum Gasteiger partial charge on any atom is -0.480 e. The predicted octanol–water partition coefficient (Wildman–Crippen LogP) is 4.23. The molecular weight excluding hydrogens is 362 g/mol. The number of rotatable bonds is 2. The molecule has 0 amide bonds. The van der Waals surface area contributed by atoms with E-state index in [2.05, 4.69) is 44.6 Å². The van der Waals surface area contributed by atoms with Gasteiger partial charge in [0.15, 0.2) is 0 Å². The lowest BCUT2D eigenvalue weighted by molar-refractivity contribution is 0.223. The first-order valence-corrected chi connectivity index (χ1v) is 9.51. The zero-order valence-electron chi connectivity index (χ0n) is 15.4. The lowest BCUT2D eigenvalue weighted by Crippen LogP contribution is -2.32. The molecule has 0 spiro atoms. The van der Waals surface area contributed by atoms with Crippen molar-refractivity contribution in [2.45, 2.75) is 12.1 Å². The summed E-state index contributed by atoms with van der Waals surface area (Å²) in [5.74, 6) is 1.56. The Labute approximate surface area is 167 Å². The Hall–Kier alpha value is -3.93. The molecule has 29 heavy (non-hydrogen) atoms. The molecule has 1 N–H and O–H groups in total.